The van der Waals surface area contributed by atoms with E-state index in [9.17, 15) is 18.0 Å². The van der Waals surface area contributed by atoms with Crippen LogP contribution < -0.4 is 14.4 Å². The van der Waals surface area contributed by atoms with E-state index in [0.29, 0.717) is 18.0 Å². The molecule has 0 radical (unpaired) electrons. The number of ether oxygens (including phenoxy) is 2. The van der Waals surface area contributed by atoms with Crippen molar-refractivity contribution in [3.8, 4) is 5.75 Å². The predicted octanol–water partition coefficient (Wildman–Crippen LogP) is 3.45. The molecule has 0 heterocycles. The summed E-state index contributed by atoms with van der Waals surface area (Å²) in [6, 6.07) is 11.9. The van der Waals surface area contributed by atoms with Crippen molar-refractivity contribution < 1.29 is 27.5 Å². The number of carbonyl (C=O) groups excluding carboxylic acids is 2. The molecular formula is C22H28N2O6S. The van der Waals surface area contributed by atoms with Gasteiger partial charge in [0.1, 0.15) is 11.8 Å². The van der Waals surface area contributed by atoms with Crippen LogP contribution in [-0.4, -0.2) is 45.8 Å². The van der Waals surface area contributed by atoms with Gasteiger partial charge in [-0.15, -0.1) is 0 Å². The molecule has 1 N–H and O–H groups in total. The van der Waals surface area contributed by atoms with Gasteiger partial charge in [0, 0.05) is 0 Å². The normalized spacial score (nSPS) is 12.0. The molecular weight excluding hydrogens is 420 g/mol. The summed E-state index contributed by atoms with van der Waals surface area (Å²) in [5, 5.41) is 2.68. The smallest absolute Gasteiger partial charge is 0.340 e. The van der Waals surface area contributed by atoms with Crippen molar-refractivity contribution in [3.05, 3.63) is 54.1 Å². The van der Waals surface area contributed by atoms with Crippen LogP contribution in [0, 0.1) is 0 Å². The molecule has 0 bridgehead atoms. The number of nitrogens with one attached hydrogen (secondary N) is 1. The highest BCUT2D eigenvalue weighted by Crippen LogP contribution is 2.26. The van der Waals surface area contributed by atoms with Crippen LogP contribution >= 0.6 is 0 Å². The first kappa shape index (κ1) is 24.2. The third-order valence-electron chi connectivity index (χ3n) is 4.41. The van der Waals surface area contributed by atoms with E-state index in [1.54, 1.807) is 56.3 Å². The second-order valence-electron chi connectivity index (χ2n) is 6.67. The molecule has 31 heavy (non-hydrogen) atoms. The van der Waals surface area contributed by atoms with Crippen LogP contribution in [-0.2, 0) is 19.6 Å². The molecule has 9 heteroatoms. The summed E-state index contributed by atoms with van der Waals surface area (Å²) in [5.41, 5.74) is 0.788. The Bertz CT molecular complexity index is 1000. The second kappa shape index (κ2) is 10.8. The zero-order valence-electron chi connectivity index (χ0n) is 18.1. The fourth-order valence-electron chi connectivity index (χ4n) is 3.11. The maximum atomic E-state index is 13.1. The minimum atomic E-state index is -3.79. The quantitative estimate of drug-likeness (QED) is 0.559. The number of hydrogen-bond donors (Lipinski definition) is 1. The van der Waals surface area contributed by atoms with Gasteiger partial charge in [0.25, 0.3) is 0 Å². The number of sulfonamides is 1. The van der Waals surface area contributed by atoms with Crippen molar-refractivity contribution in [1.82, 2.24) is 0 Å². The van der Waals surface area contributed by atoms with Gasteiger partial charge in [-0.2, -0.15) is 0 Å². The molecule has 0 fully saturated rings. The fraction of sp³-hybridized carbons (Fsp3) is 0.364. The number of hydrogen-bond acceptors (Lipinski definition) is 6. The largest absolute Gasteiger partial charge is 0.494 e. The maximum absolute atomic E-state index is 13.1. The van der Waals surface area contributed by atoms with Gasteiger partial charge < -0.3 is 14.8 Å². The van der Waals surface area contributed by atoms with E-state index < -0.39 is 27.9 Å². The SMILES string of the molecule is CCOC(=O)c1ccccc1NC(=O)[C@@H](CC)N(c1ccc(OCC)cc1)S(C)(=O)=O. The van der Waals surface area contributed by atoms with E-state index >= 15 is 0 Å². The van der Waals surface area contributed by atoms with Gasteiger partial charge in [-0.05, 0) is 56.7 Å². The fourth-order valence-corrected chi connectivity index (χ4v) is 4.32. The van der Waals surface area contributed by atoms with Crippen LogP contribution in [0.4, 0.5) is 11.4 Å². The van der Waals surface area contributed by atoms with Gasteiger partial charge in [-0.1, -0.05) is 19.1 Å². The molecule has 0 aliphatic heterocycles. The van der Waals surface area contributed by atoms with Crippen LogP contribution in [0.3, 0.4) is 0 Å². The van der Waals surface area contributed by atoms with Crippen molar-refractivity contribution in [1.29, 1.82) is 0 Å². The molecule has 1 atom stereocenters. The maximum Gasteiger partial charge on any atom is 0.340 e. The van der Waals surface area contributed by atoms with Crippen LogP contribution in [0.2, 0.25) is 0 Å². The number of para-hydroxylation sites is 1. The molecule has 2 aromatic rings. The monoisotopic (exact) mass is 448 g/mol. The first-order valence-electron chi connectivity index (χ1n) is 10.0. The molecule has 0 saturated heterocycles. The topological polar surface area (TPSA) is 102 Å². The molecule has 168 valence electrons. The third-order valence-corrected chi connectivity index (χ3v) is 5.59. The summed E-state index contributed by atoms with van der Waals surface area (Å²) >= 11 is 0. The highest BCUT2D eigenvalue weighted by molar-refractivity contribution is 7.92. The van der Waals surface area contributed by atoms with Gasteiger partial charge in [0.05, 0.1) is 36.4 Å². The molecule has 0 spiro atoms. The van der Waals surface area contributed by atoms with Gasteiger partial charge >= 0.3 is 5.97 Å². The summed E-state index contributed by atoms with van der Waals surface area (Å²) in [7, 11) is -3.79. The van der Waals surface area contributed by atoms with Gasteiger partial charge in [-0.3, -0.25) is 9.10 Å². The van der Waals surface area contributed by atoms with Crippen molar-refractivity contribution in [2.75, 3.05) is 29.1 Å². The third kappa shape index (κ3) is 6.21. The summed E-state index contributed by atoms with van der Waals surface area (Å²) in [6.07, 6.45) is 1.26. The molecule has 0 aromatic heterocycles. The van der Waals surface area contributed by atoms with E-state index in [-0.39, 0.29) is 24.3 Å². The Morgan fingerprint density at radius 3 is 2.19 bits per heavy atom. The molecule has 2 rings (SSSR count). The van der Waals surface area contributed by atoms with Crippen LogP contribution in [0.25, 0.3) is 0 Å². The van der Waals surface area contributed by atoms with E-state index in [0.717, 1.165) is 10.6 Å². The zero-order valence-corrected chi connectivity index (χ0v) is 18.9. The van der Waals surface area contributed by atoms with E-state index in [1.165, 1.54) is 6.07 Å². The van der Waals surface area contributed by atoms with Crippen LogP contribution in [0.15, 0.2) is 48.5 Å². The van der Waals surface area contributed by atoms with Crippen LogP contribution in [0.1, 0.15) is 37.6 Å². The molecule has 0 unspecified atom stereocenters. The average Bonchev–Trinajstić information content (AvgIpc) is 2.72. The number of amides is 1. The van der Waals surface area contributed by atoms with Crippen molar-refractivity contribution >= 4 is 33.3 Å². The number of esters is 1. The van der Waals surface area contributed by atoms with Crippen molar-refractivity contribution in [2.45, 2.75) is 33.2 Å². The number of anilines is 2. The lowest BCUT2D eigenvalue weighted by atomic mass is 10.1. The number of carbonyl (C=O) groups is 2. The molecule has 0 aliphatic carbocycles. The lowest BCUT2D eigenvalue weighted by Crippen LogP contribution is -2.47. The Balaban J connectivity index is 2.37. The van der Waals surface area contributed by atoms with Gasteiger partial charge in [0.2, 0.25) is 15.9 Å². The highest BCUT2D eigenvalue weighted by Gasteiger charge is 2.32. The lowest BCUT2D eigenvalue weighted by Gasteiger charge is -2.30. The van der Waals surface area contributed by atoms with Gasteiger partial charge in [0.15, 0.2) is 0 Å². The Labute approximate surface area is 183 Å². The lowest BCUT2D eigenvalue weighted by molar-refractivity contribution is -0.117. The van der Waals surface area contributed by atoms with Gasteiger partial charge in [-0.25, -0.2) is 13.2 Å². The van der Waals surface area contributed by atoms with E-state index in [2.05, 4.69) is 5.32 Å². The van der Waals surface area contributed by atoms with Crippen LogP contribution in [0.5, 0.6) is 5.75 Å². The molecule has 2 aromatic carbocycles. The zero-order chi connectivity index (χ0) is 23.0. The summed E-state index contributed by atoms with van der Waals surface area (Å²) in [4.78, 5) is 25.3. The highest BCUT2D eigenvalue weighted by atomic mass is 32.2. The Morgan fingerprint density at radius 1 is 1.00 bits per heavy atom. The van der Waals surface area contributed by atoms with Crippen molar-refractivity contribution in [3.63, 3.8) is 0 Å². The number of benzene rings is 2. The first-order chi connectivity index (χ1) is 14.7. The Hall–Kier alpha value is -3.07. The van der Waals surface area contributed by atoms with E-state index in [4.69, 9.17) is 9.47 Å². The minimum absolute atomic E-state index is 0.193. The average molecular weight is 449 g/mol. The minimum Gasteiger partial charge on any atom is -0.494 e. The standard InChI is InChI=1S/C22H28N2O6S/c1-5-20(21(25)23-19-11-9-8-10-18(19)22(26)30-7-3)24(31(4,27)28)16-12-14-17(15-13-16)29-6-2/h8-15,20H,5-7H2,1-4H3,(H,23,25)/t20-/m1/s1. The molecule has 8 nitrogen and oxygen atoms in total. The second-order valence-corrected chi connectivity index (χ2v) is 8.52. The number of rotatable bonds is 10. The summed E-state index contributed by atoms with van der Waals surface area (Å²) in [5.74, 6) is -0.531. The summed E-state index contributed by atoms with van der Waals surface area (Å²) in [6.45, 7) is 5.93. The molecule has 0 aliphatic rings. The van der Waals surface area contributed by atoms with E-state index in [1.807, 2.05) is 6.92 Å². The molecule has 0 saturated carbocycles. The molecule has 1 amide bonds. The predicted molar refractivity (Wildman–Crippen MR) is 120 cm³/mol. The Kier molecular flexibility index (Phi) is 8.44. The first-order valence-corrected chi connectivity index (χ1v) is 11.9. The van der Waals surface area contributed by atoms with Crippen molar-refractivity contribution in [2.24, 2.45) is 0 Å². The number of nitrogens with zero attached hydrogens (tertiary/aromatic N) is 1. The Morgan fingerprint density at radius 2 is 1.65 bits per heavy atom. The summed E-state index contributed by atoms with van der Waals surface area (Å²) < 4.78 is 36.7.